The van der Waals surface area contributed by atoms with Gasteiger partial charge < -0.3 is 20.7 Å². The number of benzene rings is 4. The Morgan fingerprint density at radius 2 is 1.51 bits per heavy atom. The molecule has 4 rings (SSSR count). The number of rotatable bonds is 8. The van der Waals surface area contributed by atoms with E-state index in [-0.39, 0.29) is 18.8 Å². The summed E-state index contributed by atoms with van der Waals surface area (Å²) in [6.07, 6.45) is 0. The van der Waals surface area contributed by atoms with Crippen LogP contribution in [0.4, 0.5) is 31.0 Å². The Balaban J connectivity index is 1.44. The summed E-state index contributed by atoms with van der Waals surface area (Å²) in [6, 6.07) is 27.8. The molecular formula is C28H24ClFN4O3. The fraction of sp³-hybridized carbons (Fsp3) is 0.0714. The van der Waals surface area contributed by atoms with E-state index in [9.17, 15) is 14.0 Å². The molecule has 0 atom stereocenters. The molecule has 0 aromatic heterocycles. The van der Waals surface area contributed by atoms with Gasteiger partial charge in [0.2, 0.25) is 0 Å². The largest absolute Gasteiger partial charge is 0.457 e. The van der Waals surface area contributed by atoms with E-state index >= 15 is 0 Å². The van der Waals surface area contributed by atoms with Crippen molar-refractivity contribution >= 4 is 40.7 Å². The van der Waals surface area contributed by atoms with Crippen LogP contribution in [0.25, 0.3) is 0 Å². The van der Waals surface area contributed by atoms with E-state index in [2.05, 4.69) is 16.0 Å². The fourth-order valence-electron chi connectivity index (χ4n) is 3.43. The molecule has 4 amide bonds. The van der Waals surface area contributed by atoms with E-state index < -0.39 is 17.9 Å². The third-order valence-corrected chi connectivity index (χ3v) is 5.43. The summed E-state index contributed by atoms with van der Waals surface area (Å²) in [4.78, 5) is 26.8. The average molecular weight is 519 g/mol. The molecule has 188 valence electrons. The van der Waals surface area contributed by atoms with Crippen LogP contribution in [0, 0.1) is 5.82 Å². The maximum Gasteiger partial charge on any atom is 0.326 e. The third kappa shape index (κ3) is 7.46. The Bertz CT molecular complexity index is 1350. The van der Waals surface area contributed by atoms with E-state index in [4.69, 9.17) is 16.3 Å². The Morgan fingerprint density at radius 3 is 2.24 bits per heavy atom. The molecule has 7 nitrogen and oxygen atoms in total. The Kier molecular flexibility index (Phi) is 8.57. The van der Waals surface area contributed by atoms with Gasteiger partial charge in [-0.15, -0.1) is 0 Å². The number of carbonyl (C=O) groups excluding carboxylic acids is 2. The van der Waals surface area contributed by atoms with Gasteiger partial charge in [0, 0.05) is 29.5 Å². The molecule has 0 bridgehead atoms. The molecule has 0 spiro atoms. The number of hydrogen-bond donors (Lipinski definition) is 3. The normalized spacial score (nSPS) is 10.3. The van der Waals surface area contributed by atoms with Gasteiger partial charge in [-0.2, -0.15) is 0 Å². The number of halogens is 2. The summed E-state index contributed by atoms with van der Waals surface area (Å²) in [7, 11) is 0. The molecule has 0 aliphatic carbocycles. The molecule has 4 aromatic carbocycles. The lowest BCUT2D eigenvalue weighted by atomic mass is 10.2. The van der Waals surface area contributed by atoms with Crippen LogP contribution in [-0.2, 0) is 0 Å². The lowest BCUT2D eigenvalue weighted by molar-refractivity contribution is 0.250. The van der Waals surface area contributed by atoms with Crippen molar-refractivity contribution in [2.75, 3.05) is 28.6 Å². The molecular weight excluding hydrogens is 495 g/mol. The summed E-state index contributed by atoms with van der Waals surface area (Å²) < 4.78 is 20.0. The van der Waals surface area contributed by atoms with Crippen molar-refractivity contribution < 1.29 is 18.7 Å². The zero-order valence-corrected chi connectivity index (χ0v) is 20.4. The lowest BCUT2D eigenvalue weighted by Gasteiger charge is -2.24. The zero-order valence-electron chi connectivity index (χ0n) is 19.7. The van der Waals surface area contributed by atoms with Gasteiger partial charge >= 0.3 is 12.1 Å². The van der Waals surface area contributed by atoms with Crippen LogP contribution in [0.15, 0.2) is 103 Å². The molecule has 0 heterocycles. The second-order valence-electron chi connectivity index (χ2n) is 7.86. The number of nitrogens with one attached hydrogen (secondary N) is 3. The number of anilines is 3. The number of nitrogens with zero attached hydrogens (tertiary/aromatic N) is 1. The Labute approximate surface area is 218 Å². The molecule has 37 heavy (non-hydrogen) atoms. The van der Waals surface area contributed by atoms with Crippen LogP contribution in [0.5, 0.6) is 11.5 Å². The van der Waals surface area contributed by atoms with E-state index in [0.29, 0.717) is 27.9 Å². The number of hydrogen-bond acceptors (Lipinski definition) is 3. The molecule has 0 unspecified atom stereocenters. The first-order valence-electron chi connectivity index (χ1n) is 11.4. The van der Waals surface area contributed by atoms with E-state index in [1.165, 1.54) is 23.1 Å². The predicted molar refractivity (Wildman–Crippen MR) is 144 cm³/mol. The number of urea groups is 2. The fourth-order valence-corrected chi connectivity index (χ4v) is 3.62. The van der Waals surface area contributed by atoms with Crippen LogP contribution >= 0.6 is 11.6 Å². The van der Waals surface area contributed by atoms with Gasteiger partial charge in [-0.1, -0.05) is 48.0 Å². The summed E-state index contributed by atoms with van der Waals surface area (Å²) in [5, 5.41) is 8.47. The van der Waals surface area contributed by atoms with Crippen molar-refractivity contribution in [2.24, 2.45) is 0 Å². The highest BCUT2D eigenvalue weighted by atomic mass is 35.5. The maximum atomic E-state index is 14.1. The first kappa shape index (κ1) is 25.5. The predicted octanol–water partition coefficient (Wildman–Crippen LogP) is 7.13. The Morgan fingerprint density at radius 1 is 0.811 bits per heavy atom. The standard InChI is InChI=1S/C28H24ClFN4O3/c29-20-7-6-8-21(19-20)32-27(35)31-17-18-34(28(36)33-26-12-5-4-11-25(26)30)22-13-15-24(16-14-22)37-23-9-2-1-3-10-23/h1-16,19H,17-18H2,(H,33,36)(H2,31,32,35). The molecule has 4 aromatic rings. The van der Waals surface area contributed by atoms with Gasteiger partial charge in [0.25, 0.3) is 0 Å². The highest BCUT2D eigenvalue weighted by Crippen LogP contribution is 2.25. The summed E-state index contributed by atoms with van der Waals surface area (Å²) in [5.41, 5.74) is 1.12. The maximum absolute atomic E-state index is 14.1. The van der Waals surface area contributed by atoms with Gasteiger partial charge in [-0.3, -0.25) is 4.90 Å². The monoisotopic (exact) mass is 518 g/mol. The van der Waals surface area contributed by atoms with Crippen molar-refractivity contribution in [2.45, 2.75) is 0 Å². The van der Waals surface area contributed by atoms with E-state index in [0.717, 1.165) is 0 Å². The highest BCUT2D eigenvalue weighted by Gasteiger charge is 2.18. The second kappa shape index (κ2) is 12.4. The van der Waals surface area contributed by atoms with Gasteiger partial charge in [0.15, 0.2) is 0 Å². The lowest BCUT2D eigenvalue weighted by Crippen LogP contribution is -2.42. The van der Waals surface area contributed by atoms with Crippen LogP contribution in [0.3, 0.4) is 0 Å². The molecule has 0 aliphatic rings. The highest BCUT2D eigenvalue weighted by molar-refractivity contribution is 6.30. The van der Waals surface area contributed by atoms with E-state index in [1.807, 2.05) is 30.3 Å². The minimum atomic E-state index is -0.557. The summed E-state index contributed by atoms with van der Waals surface area (Å²) >= 11 is 5.95. The molecule has 0 fully saturated rings. The number of para-hydroxylation sites is 2. The molecule has 0 radical (unpaired) electrons. The summed E-state index contributed by atoms with van der Waals surface area (Å²) in [6.45, 7) is 0.238. The smallest absolute Gasteiger partial charge is 0.326 e. The third-order valence-electron chi connectivity index (χ3n) is 5.19. The van der Waals surface area contributed by atoms with Gasteiger partial charge in [-0.25, -0.2) is 14.0 Å². The molecule has 0 saturated carbocycles. The number of carbonyl (C=O) groups is 2. The van der Waals surface area contributed by atoms with Crippen LogP contribution < -0.4 is 25.6 Å². The number of ether oxygens (including phenoxy) is 1. The SMILES string of the molecule is O=C(NCCN(C(=O)Nc1ccccc1F)c1ccc(Oc2ccccc2)cc1)Nc1cccc(Cl)c1. The second-order valence-corrected chi connectivity index (χ2v) is 8.30. The van der Waals surface area contributed by atoms with Crippen molar-refractivity contribution in [1.29, 1.82) is 0 Å². The van der Waals surface area contributed by atoms with Gasteiger partial charge in [-0.05, 0) is 66.7 Å². The first-order chi connectivity index (χ1) is 18.0. The summed E-state index contributed by atoms with van der Waals surface area (Å²) in [5.74, 6) is 0.712. The number of amides is 4. The van der Waals surface area contributed by atoms with E-state index in [1.54, 1.807) is 54.6 Å². The van der Waals surface area contributed by atoms with Crippen molar-refractivity contribution in [1.82, 2.24) is 5.32 Å². The first-order valence-corrected chi connectivity index (χ1v) is 11.8. The molecule has 9 heteroatoms. The van der Waals surface area contributed by atoms with Crippen LogP contribution in [-0.4, -0.2) is 25.2 Å². The van der Waals surface area contributed by atoms with Crippen LogP contribution in [0.1, 0.15) is 0 Å². The zero-order chi connectivity index (χ0) is 26.0. The minimum absolute atomic E-state index is 0.0492. The van der Waals surface area contributed by atoms with Gasteiger partial charge in [0.1, 0.15) is 17.3 Å². The quantitative estimate of drug-likeness (QED) is 0.232. The van der Waals surface area contributed by atoms with Gasteiger partial charge in [0.05, 0.1) is 5.69 Å². The molecule has 3 N–H and O–H groups in total. The van der Waals surface area contributed by atoms with Crippen molar-refractivity contribution in [3.8, 4) is 11.5 Å². The molecule has 0 saturated heterocycles. The van der Waals surface area contributed by atoms with Crippen LogP contribution in [0.2, 0.25) is 5.02 Å². The average Bonchev–Trinajstić information content (AvgIpc) is 2.89. The van der Waals surface area contributed by atoms with Crippen molar-refractivity contribution in [3.63, 3.8) is 0 Å². The Hall–Kier alpha value is -4.56. The van der Waals surface area contributed by atoms with Crippen molar-refractivity contribution in [3.05, 3.63) is 114 Å². The molecule has 0 aliphatic heterocycles. The topological polar surface area (TPSA) is 82.7 Å². The minimum Gasteiger partial charge on any atom is -0.457 e.